The van der Waals surface area contributed by atoms with Gasteiger partial charge in [-0.25, -0.2) is 0 Å². The molecule has 0 aromatic heterocycles. The summed E-state index contributed by atoms with van der Waals surface area (Å²) < 4.78 is 0. The van der Waals surface area contributed by atoms with Gasteiger partial charge in [0.2, 0.25) is 0 Å². The fraction of sp³-hybridized carbons (Fsp3) is 0.500. The van der Waals surface area contributed by atoms with Crippen LogP contribution in [0.3, 0.4) is 0 Å². The third-order valence-electron chi connectivity index (χ3n) is 0. The predicted molar refractivity (Wildman–Crippen MR) is 51.7 cm³/mol. The van der Waals surface area contributed by atoms with Gasteiger partial charge in [0.05, 0.1) is 12.1 Å². The molecule has 0 N–H and O–H groups in total. The van der Waals surface area contributed by atoms with Crippen molar-refractivity contribution in [2.24, 2.45) is 0 Å². The first-order valence-electron chi connectivity index (χ1n) is 2.06. The van der Waals surface area contributed by atoms with Crippen molar-refractivity contribution >= 4 is 49.6 Å². The van der Waals surface area contributed by atoms with Gasteiger partial charge in [-0.1, -0.05) is 0 Å². The Morgan fingerprint density at radius 1 is 0.909 bits per heavy atom. The van der Waals surface area contributed by atoms with Crippen molar-refractivity contribution in [3.63, 3.8) is 0 Å². The zero-order valence-electron chi connectivity index (χ0n) is 5.81. The van der Waals surface area contributed by atoms with Gasteiger partial charge in [-0.2, -0.15) is 10.5 Å². The molecule has 0 saturated heterocycles. The average molecular weight is 352 g/mol. The molecule has 0 heterocycles. The second kappa shape index (κ2) is 13.5. The van der Waals surface area contributed by atoms with E-state index in [0.29, 0.717) is 0 Å². The van der Waals surface area contributed by atoms with Gasteiger partial charge in [0, 0.05) is 13.8 Å². The van der Waals surface area contributed by atoms with Gasteiger partial charge in [-0.15, -0.1) is 0 Å². The van der Waals surface area contributed by atoms with Crippen molar-refractivity contribution in [2.45, 2.75) is 13.8 Å². The molecule has 11 heavy (non-hydrogen) atoms. The van der Waals surface area contributed by atoms with Gasteiger partial charge in [0.25, 0.3) is 0 Å². The second-order valence-corrected chi connectivity index (χ2v) is 21.6. The van der Waals surface area contributed by atoms with Crippen LogP contribution in [-0.4, -0.2) is 13.7 Å². The first kappa shape index (κ1) is 17.9. The Morgan fingerprint density at radius 3 is 0.909 bits per heavy atom. The number of nitrogens with zero attached hydrogens (tertiary/aromatic N) is 2. The zero-order chi connectivity index (χ0) is 9.91. The molecule has 0 aromatic carbocycles. The zero-order valence-corrected chi connectivity index (χ0v) is 11.2. The third kappa shape index (κ3) is 1010. The summed E-state index contributed by atoms with van der Waals surface area (Å²) in [4.78, 5) is 0. The number of hydrogen-bond donors (Lipinski definition) is 0. The maximum absolute atomic E-state index is 7.32. The average Bonchev–Trinajstić information content (AvgIpc) is 1.62. The molecule has 0 radical (unpaired) electrons. The van der Waals surface area contributed by atoms with E-state index < -0.39 is 13.7 Å². The molecule has 66 valence electrons. The molecule has 0 rings (SSSR count). The monoisotopic (exact) mass is 352 g/mol. The molecule has 0 spiro atoms. The quantitative estimate of drug-likeness (QED) is 0.628. The second-order valence-electron chi connectivity index (χ2n) is 0.797. The number of rotatable bonds is 0. The summed E-state index contributed by atoms with van der Waals surface area (Å²) in [7, 11) is 20.1. The van der Waals surface area contributed by atoms with E-state index in [1.54, 1.807) is 12.1 Å². The molecule has 0 aliphatic heterocycles. The van der Waals surface area contributed by atoms with Gasteiger partial charge in [-0.3, -0.25) is 0 Å². The molecular formula is C4H6Cl4N2Te. The summed E-state index contributed by atoms with van der Waals surface area (Å²) in [5.74, 6) is 0. The van der Waals surface area contributed by atoms with Crippen LogP contribution >= 0.6 is 35.9 Å². The minimum atomic E-state index is -3.13. The Hall–Kier alpha value is 0.930. The molecule has 0 amide bonds. The Morgan fingerprint density at radius 2 is 0.909 bits per heavy atom. The number of halogens is 4. The minimum absolute atomic E-state index is 1.43. The van der Waals surface area contributed by atoms with Crippen molar-refractivity contribution in [3.8, 4) is 12.1 Å². The van der Waals surface area contributed by atoms with E-state index in [2.05, 4.69) is 0 Å². The van der Waals surface area contributed by atoms with Crippen LogP contribution in [0.2, 0.25) is 0 Å². The van der Waals surface area contributed by atoms with Crippen LogP contribution in [0.4, 0.5) is 0 Å². The van der Waals surface area contributed by atoms with E-state index in [0.717, 1.165) is 0 Å². The van der Waals surface area contributed by atoms with Crippen LogP contribution in [0.5, 0.6) is 0 Å². The molecule has 0 aliphatic rings. The molecule has 2 nitrogen and oxygen atoms in total. The molecule has 0 fully saturated rings. The standard InChI is InChI=1S/2C2H3N.Cl4Te/c2*1-2-3;1-5(2,3)4/h2*1H3;. The molecule has 0 bridgehead atoms. The Balaban J connectivity index is -0.0000000933. The topological polar surface area (TPSA) is 47.6 Å². The van der Waals surface area contributed by atoms with E-state index in [-0.39, 0.29) is 0 Å². The fourth-order valence-corrected chi connectivity index (χ4v) is 0. The third-order valence-corrected chi connectivity index (χ3v) is 0. The number of hydrogen-bond acceptors (Lipinski definition) is 2. The van der Waals surface area contributed by atoms with Crippen LogP contribution < -0.4 is 0 Å². The summed E-state index contributed by atoms with van der Waals surface area (Å²) in [5, 5.41) is 14.6. The van der Waals surface area contributed by atoms with Gasteiger partial charge in [-0.05, 0) is 0 Å². The Labute approximate surface area is 85.3 Å². The molecule has 0 aliphatic carbocycles. The van der Waals surface area contributed by atoms with Crippen LogP contribution in [0, 0.1) is 22.7 Å². The normalized spacial score (nSPS) is 8.36. The first-order chi connectivity index (χ1) is 4.83. The molecule has 0 unspecified atom stereocenters. The predicted octanol–water partition coefficient (Wildman–Crippen LogP) is 3.44. The van der Waals surface area contributed by atoms with Crippen molar-refractivity contribution in [2.75, 3.05) is 0 Å². The van der Waals surface area contributed by atoms with Crippen molar-refractivity contribution in [1.82, 2.24) is 0 Å². The summed E-state index contributed by atoms with van der Waals surface area (Å²) >= 11 is -3.13. The Bertz CT molecular complexity index is 124. The van der Waals surface area contributed by atoms with Gasteiger partial charge < -0.3 is 0 Å². The molecule has 0 aromatic rings. The van der Waals surface area contributed by atoms with Gasteiger partial charge >= 0.3 is 49.6 Å². The van der Waals surface area contributed by atoms with E-state index in [4.69, 9.17) is 46.4 Å². The molecular weight excluding hydrogens is 345 g/mol. The van der Waals surface area contributed by atoms with Crippen LogP contribution in [-0.2, 0) is 0 Å². The van der Waals surface area contributed by atoms with Crippen molar-refractivity contribution < 1.29 is 0 Å². The van der Waals surface area contributed by atoms with E-state index in [9.17, 15) is 0 Å². The Kier molecular flexibility index (Phi) is 22.0. The fourth-order valence-electron chi connectivity index (χ4n) is 0. The maximum atomic E-state index is 7.32. The summed E-state index contributed by atoms with van der Waals surface area (Å²) in [6, 6.07) is 3.50. The number of nitriles is 2. The van der Waals surface area contributed by atoms with Crippen LogP contribution in [0.15, 0.2) is 0 Å². The van der Waals surface area contributed by atoms with Crippen molar-refractivity contribution in [3.05, 3.63) is 0 Å². The molecule has 0 atom stereocenters. The summed E-state index contributed by atoms with van der Waals surface area (Å²) in [6.07, 6.45) is 0. The summed E-state index contributed by atoms with van der Waals surface area (Å²) in [5.41, 5.74) is 0. The summed E-state index contributed by atoms with van der Waals surface area (Å²) in [6.45, 7) is 2.86. The first-order valence-corrected chi connectivity index (χ1v) is 13.9. The molecule has 7 heteroatoms. The SMILES string of the molecule is CC#N.CC#N.Cl[Te](Cl)(Cl)Cl. The molecule has 0 saturated carbocycles. The van der Waals surface area contributed by atoms with Crippen molar-refractivity contribution in [1.29, 1.82) is 10.5 Å². The van der Waals surface area contributed by atoms with E-state index in [1.165, 1.54) is 13.8 Å². The van der Waals surface area contributed by atoms with Crippen LogP contribution in [0.25, 0.3) is 0 Å². The van der Waals surface area contributed by atoms with E-state index >= 15 is 0 Å². The van der Waals surface area contributed by atoms with Gasteiger partial charge in [0.15, 0.2) is 0 Å². The van der Waals surface area contributed by atoms with Gasteiger partial charge in [0.1, 0.15) is 0 Å². The van der Waals surface area contributed by atoms with E-state index in [1.807, 2.05) is 0 Å². The van der Waals surface area contributed by atoms with Crippen LogP contribution in [0.1, 0.15) is 13.8 Å².